The molecular weight excluding hydrogens is 390 g/mol. The fourth-order valence-corrected chi connectivity index (χ4v) is 3.57. The van der Waals surface area contributed by atoms with Crippen LogP contribution in [0.2, 0.25) is 0 Å². The van der Waals surface area contributed by atoms with E-state index in [1.54, 1.807) is 13.1 Å². The zero-order valence-electron chi connectivity index (χ0n) is 18.6. The molecule has 2 aromatic heterocycles. The van der Waals surface area contributed by atoms with E-state index in [0.717, 1.165) is 34.1 Å². The minimum absolute atomic E-state index is 0.136. The second-order valence-corrected chi connectivity index (χ2v) is 7.94. The Balaban J connectivity index is 1.96. The number of aromatic nitrogens is 3. The van der Waals surface area contributed by atoms with Gasteiger partial charge in [-0.25, -0.2) is 9.97 Å². The summed E-state index contributed by atoms with van der Waals surface area (Å²) in [4.78, 5) is 31.2. The van der Waals surface area contributed by atoms with Crippen molar-refractivity contribution in [3.05, 3.63) is 41.9 Å². The number of nitrogens with zero attached hydrogens (tertiary/aromatic N) is 4. The number of nitrogens with two attached hydrogens (primary N) is 2. The summed E-state index contributed by atoms with van der Waals surface area (Å²) in [6, 6.07) is 5.88. The van der Waals surface area contributed by atoms with E-state index in [1.165, 1.54) is 6.20 Å². The molecule has 1 aromatic carbocycles. The van der Waals surface area contributed by atoms with E-state index in [0.29, 0.717) is 42.6 Å². The number of imidazole rings is 1. The average Bonchev–Trinajstić information content (AvgIpc) is 3.18. The summed E-state index contributed by atoms with van der Waals surface area (Å²) in [5.74, 6) is 1.67. The number of fused-ring (bicyclic) bond motifs is 3. The maximum atomic E-state index is 12.6. The van der Waals surface area contributed by atoms with Crippen molar-refractivity contribution >= 4 is 39.4 Å². The summed E-state index contributed by atoms with van der Waals surface area (Å²) in [7, 11) is 1.72. The van der Waals surface area contributed by atoms with E-state index in [9.17, 15) is 4.79 Å². The predicted octanol–water partition coefficient (Wildman–Crippen LogP) is 3.37. The monoisotopic (exact) mass is 421 g/mol. The number of pyridine rings is 1. The van der Waals surface area contributed by atoms with Gasteiger partial charge in [0.15, 0.2) is 5.82 Å². The average molecular weight is 422 g/mol. The number of aromatic amines is 1. The van der Waals surface area contributed by atoms with Crippen molar-refractivity contribution in [2.24, 2.45) is 16.6 Å². The number of hydrogen-bond donors (Lipinski definition) is 3. The number of H-pyrrole nitrogens is 1. The van der Waals surface area contributed by atoms with Crippen LogP contribution in [0, 0.1) is 5.92 Å². The topological polar surface area (TPSA) is 126 Å². The van der Waals surface area contributed by atoms with Gasteiger partial charge in [-0.15, -0.1) is 0 Å². The number of amides is 1. The summed E-state index contributed by atoms with van der Waals surface area (Å²) in [6.45, 7) is 7.26. The van der Waals surface area contributed by atoms with E-state index in [1.807, 2.05) is 30.0 Å². The molecule has 8 heteroatoms. The van der Waals surface area contributed by atoms with Gasteiger partial charge < -0.3 is 21.4 Å². The maximum absolute atomic E-state index is 12.6. The van der Waals surface area contributed by atoms with Crippen LogP contribution >= 0.6 is 0 Å². The third-order valence-corrected chi connectivity index (χ3v) is 5.30. The molecule has 0 fully saturated rings. The van der Waals surface area contributed by atoms with E-state index in [2.05, 4.69) is 33.8 Å². The standard InChI is InChI=1S/C23H31N7O/c1-5-30(20(31)9-6-14(2)3)13-19-28-21-16-8-7-15(17(26-4)10-11-24)12-18(16)27-23(25)22(21)29-19/h7-8,10-12,14H,5-6,9,13,24H2,1-4H3,(H2,25,27)(H,28,29)/b11-10-,26-17+. The molecule has 31 heavy (non-hydrogen) atoms. The van der Waals surface area contributed by atoms with E-state index in [4.69, 9.17) is 11.5 Å². The molecule has 0 atom stereocenters. The van der Waals surface area contributed by atoms with Crippen molar-refractivity contribution in [3.8, 4) is 0 Å². The fourth-order valence-electron chi connectivity index (χ4n) is 3.57. The highest BCUT2D eigenvalue weighted by molar-refractivity contribution is 6.12. The van der Waals surface area contributed by atoms with Crippen molar-refractivity contribution in [2.45, 2.75) is 40.2 Å². The zero-order chi connectivity index (χ0) is 22.5. The van der Waals surface area contributed by atoms with Crippen LogP contribution in [0.25, 0.3) is 21.9 Å². The highest BCUT2D eigenvalue weighted by Crippen LogP contribution is 2.27. The second-order valence-electron chi connectivity index (χ2n) is 7.94. The molecule has 1 amide bonds. The highest BCUT2D eigenvalue weighted by atomic mass is 16.2. The molecule has 5 N–H and O–H groups in total. The number of allylic oxidation sites excluding steroid dienone is 1. The number of rotatable bonds is 8. The number of nitrogen functional groups attached to an aromatic ring is 1. The smallest absolute Gasteiger partial charge is 0.222 e. The number of hydrogen-bond acceptors (Lipinski definition) is 6. The lowest BCUT2D eigenvalue weighted by molar-refractivity contribution is -0.132. The molecule has 0 spiro atoms. The summed E-state index contributed by atoms with van der Waals surface area (Å²) in [5.41, 5.74) is 15.6. The Hall–Kier alpha value is -3.42. The number of anilines is 1. The molecule has 0 aliphatic carbocycles. The van der Waals surface area contributed by atoms with Gasteiger partial charge in [-0.3, -0.25) is 9.79 Å². The molecule has 0 bridgehead atoms. The van der Waals surface area contributed by atoms with Crippen molar-refractivity contribution < 1.29 is 4.79 Å². The first kappa shape index (κ1) is 22.3. The highest BCUT2D eigenvalue weighted by Gasteiger charge is 2.17. The molecule has 8 nitrogen and oxygen atoms in total. The number of carbonyl (C=O) groups is 1. The van der Waals surface area contributed by atoms with Crippen molar-refractivity contribution in [2.75, 3.05) is 19.3 Å². The number of carbonyl (C=O) groups excluding carboxylic acids is 1. The van der Waals surface area contributed by atoms with Gasteiger partial charge in [0.2, 0.25) is 5.91 Å². The molecule has 0 unspecified atom stereocenters. The van der Waals surface area contributed by atoms with Gasteiger partial charge in [-0.05, 0) is 43.7 Å². The van der Waals surface area contributed by atoms with Gasteiger partial charge in [-0.2, -0.15) is 0 Å². The van der Waals surface area contributed by atoms with Gasteiger partial charge >= 0.3 is 0 Å². The van der Waals surface area contributed by atoms with Crippen LogP contribution in [0.3, 0.4) is 0 Å². The third kappa shape index (κ3) is 4.84. The molecule has 0 radical (unpaired) electrons. The lowest BCUT2D eigenvalue weighted by atomic mass is 10.1. The first-order valence-corrected chi connectivity index (χ1v) is 10.6. The molecule has 3 aromatic rings. The van der Waals surface area contributed by atoms with Crippen molar-refractivity contribution in [1.29, 1.82) is 0 Å². The van der Waals surface area contributed by atoms with Crippen LogP contribution in [-0.4, -0.2) is 45.1 Å². The van der Waals surface area contributed by atoms with Crippen LogP contribution < -0.4 is 11.5 Å². The SMILES string of the molecule is CCN(Cc1nc2c(N)nc3cc(C(/C=C\N)=N/C)ccc3c2[nH]1)C(=O)CCC(C)C. The lowest BCUT2D eigenvalue weighted by Gasteiger charge is -2.20. The van der Waals surface area contributed by atoms with Crippen LogP contribution in [0.4, 0.5) is 5.82 Å². The molecular formula is C23H31N7O. The van der Waals surface area contributed by atoms with Crippen LogP contribution in [0.15, 0.2) is 35.5 Å². The van der Waals surface area contributed by atoms with Crippen molar-refractivity contribution in [3.63, 3.8) is 0 Å². The van der Waals surface area contributed by atoms with Gasteiger partial charge in [0, 0.05) is 31.0 Å². The molecule has 0 saturated heterocycles. The number of nitrogens with one attached hydrogen (secondary N) is 1. The summed E-state index contributed by atoms with van der Waals surface area (Å²) < 4.78 is 0. The van der Waals surface area contributed by atoms with Gasteiger partial charge in [0.1, 0.15) is 11.3 Å². The van der Waals surface area contributed by atoms with E-state index < -0.39 is 0 Å². The Morgan fingerprint density at radius 2 is 2.10 bits per heavy atom. The molecule has 2 heterocycles. The lowest BCUT2D eigenvalue weighted by Crippen LogP contribution is -2.30. The number of aliphatic imine (C=N–C) groups is 1. The molecule has 0 saturated carbocycles. The van der Waals surface area contributed by atoms with Gasteiger partial charge in [0.05, 0.1) is 23.3 Å². The number of benzene rings is 1. The van der Waals surface area contributed by atoms with Crippen LogP contribution in [-0.2, 0) is 11.3 Å². The van der Waals surface area contributed by atoms with Gasteiger partial charge in [0.25, 0.3) is 0 Å². The van der Waals surface area contributed by atoms with E-state index >= 15 is 0 Å². The third-order valence-electron chi connectivity index (χ3n) is 5.30. The Bertz CT molecular complexity index is 1140. The Morgan fingerprint density at radius 3 is 2.74 bits per heavy atom. The molecule has 0 aliphatic heterocycles. The Morgan fingerprint density at radius 1 is 1.32 bits per heavy atom. The summed E-state index contributed by atoms with van der Waals surface area (Å²) >= 11 is 0. The predicted molar refractivity (Wildman–Crippen MR) is 127 cm³/mol. The normalized spacial score (nSPS) is 12.5. The van der Waals surface area contributed by atoms with Crippen LogP contribution in [0.5, 0.6) is 0 Å². The Kier molecular flexibility index (Phi) is 6.89. The molecule has 0 aliphatic rings. The minimum atomic E-state index is 0.136. The molecule has 3 rings (SSSR count). The first-order chi connectivity index (χ1) is 14.9. The largest absolute Gasteiger partial charge is 0.405 e. The maximum Gasteiger partial charge on any atom is 0.222 e. The fraction of sp³-hybridized carbons (Fsp3) is 0.391. The molecule has 164 valence electrons. The quantitative estimate of drug-likeness (QED) is 0.481. The van der Waals surface area contributed by atoms with Crippen LogP contribution in [0.1, 0.15) is 45.0 Å². The minimum Gasteiger partial charge on any atom is -0.405 e. The summed E-state index contributed by atoms with van der Waals surface area (Å²) in [5, 5.41) is 0.910. The Labute approximate surface area is 182 Å². The zero-order valence-corrected chi connectivity index (χ0v) is 18.6. The van der Waals surface area contributed by atoms with E-state index in [-0.39, 0.29) is 5.91 Å². The van der Waals surface area contributed by atoms with Crippen molar-refractivity contribution in [1.82, 2.24) is 19.9 Å². The van der Waals surface area contributed by atoms with Gasteiger partial charge in [-0.1, -0.05) is 19.9 Å². The second kappa shape index (κ2) is 9.59. The summed E-state index contributed by atoms with van der Waals surface area (Å²) in [6.07, 6.45) is 4.62. The first-order valence-electron chi connectivity index (χ1n) is 10.6.